The summed E-state index contributed by atoms with van der Waals surface area (Å²) in [6.07, 6.45) is 0. The Kier molecular flexibility index (Phi) is 3.85. The quantitative estimate of drug-likeness (QED) is 0.578. The highest BCUT2D eigenvalue weighted by Crippen LogP contribution is 2.26. The van der Waals surface area contributed by atoms with Crippen molar-refractivity contribution in [2.24, 2.45) is 0 Å². The second-order valence-electron chi connectivity index (χ2n) is 2.21. The molecule has 0 heterocycles. The predicted molar refractivity (Wildman–Crippen MR) is 52.8 cm³/mol. The summed E-state index contributed by atoms with van der Waals surface area (Å²) in [6, 6.07) is 6.43. The molecule has 1 aromatic rings. The maximum Gasteiger partial charge on any atom is 0.409 e. The van der Waals surface area contributed by atoms with Crippen molar-refractivity contribution in [3.05, 3.63) is 29.8 Å². The molecule has 0 aliphatic carbocycles. The van der Waals surface area contributed by atoms with Crippen LogP contribution in [0.5, 0.6) is 5.75 Å². The number of hydrogen-bond acceptors (Lipinski definition) is 2. The van der Waals surface area contributed by atoms with Crippen LogP contribution in [0.2, 0.25) is 0 Å². The van der Waals surface area contributed by atoms with Gasteiger partial charge in [0.15, 0.2) is 0 Å². The maximum absolute atomic E-state index is 10.3. The van der Waals surface area contributed by atoms with Crippen LogP contribution in [0, 0.1) is 0 Å². The number of hydrogen-bond donors (Lipinski definition) is 0. The van der Waals surface area contributed by atoms with Crippen LogP contribution >= 0.6 is 34.8 Å². The lowest BCUT2D eigenvalue weighted by atomic mass is 10.2. The SMILES string of the molecule is O=C(Cl)Oc1ccc(C(Cl)Cl)cc1. The van der Waals surface area contributed by atoms with Gasteiger partial charge in [0.05, 0.1) is 0 Å². The van der Waals surface area contributed by atoms with E-state index in [9.17, 15) is 4.79 Å². The molecule has 0 radical (unpaired) electrons. The van der Waals surface area contributed by atoms with E-state index in [1.807, 2.05) is 0 Å². The predicted octanol–water partition coefficient (Wildman–Crippen LogP) is 3.90. The van der Waals surface area contributed by atoms with Gasteiger partial charge in [-0.15, -0.1) is 23.2 Å². The second kappa shape index (κ2) is 4.70. The van der Waals surface area contributed by atoms with Gasteiger partial charge in [0.25, 0.3) is 0 Å². The van der Waals surface area contributed by atoms with Crippen LogP contribution in [0.1, 0.15) is 10.4 Å². The largest absolute Gasteiger partial charge is 0.415 e. The Morgan fingerprint density at radius 3 is 2.15 bits per heavy atom. The molecule has 1 rings (SSSR count). The van der Waals surface area contributed by atoms with Crippen LogP contribution < -0.4 is 4.74 Å². The lowest BCUT2D eigenvalue weighted by Gasteiger charge is -2.02. The summed E-state index contributed by atoms with van der Waals surface area (Å²) in [5.41, 5.74) is -0.140. The molecule has 0 fully saturated rings. The Morgan fingerprint density at radius 2 is 1.77 bits per heavy atom. The van der Waals surface area contributed by atoms with Gasteiger partial charge in [-0.1, -0.05) is 12.1 Å². The van der Waals surface area contributed by atoms with E-state index < -0.39 is 10.3 Å². The van der Waals surface area contributed by atoms with E-state index in [4.69, 9.17) is 34.8 Å². The van der Waals surface area contributed by atoms with Crippen molar-refractivity contribution in [1.29, 1.82) is 0 Å². The van der Waals surface area contributed by atoms with Gasteiger partial charge < -0.3 is 4.74 Å². The summed E-state index contributed by atoms with van der Waals surface area (Å²) in [4.78, 5) is 9.74. The lowest BCUT2D eigenvalue weighted by Crippen LogP contribution is -1.95. The summed E-state index contributed by atoms with van der Waals surface area (Å²) in [7, 11) is 0. The molecule has 0 saturated carbocycles. The second-order valence-corrected chi connectivity index (χ2v) is 3.61. The number of halogens is 3. The van der Waals surface area contributed by atoms with Crippen molar-refractivity contribution in [2.75, 3.05) is 0 Å². The molecule has 2 nitrogen and oxygen atoms in total. The molecule has 0 aliphatic heterocycles. The van der Waals surface area contributed by atoms with E-state index in [1.165, 1.54) is 0 Å². The van der Waals surface area contributed by atoms with Gasteiger partial charge in [-0.3, -0.25) is 0 Å². The van der Waals surface area contributed by atoms with E-state index in [0.717, 1.165) is 5.56 Å². The molecule has 0 unspecified atom stereocenters. The van der Waals surface area contributed by atoms with Crippen molar-refractivity contribution < 1.29 is 9.53 Å². The van der Waals surface area contributed by atoms with E-state index >= 15 is 0 Å². The Balaban J connectivity index is 2.75. The van der Waals surface area contributed by atoms with E-state index in [-0.39, 0.29) is 0 Å². The highest BCUT2D eigenvalue weighted by Gasteiger charge is 2.04. The molecule has 1 aromatic carbocycles. The third kappa shape index (κ3) is 3.43. The number of benzene rings is 1. The van der Waals surface area contributed by atoms with Gasteiger partial charge in [0, 0.05) is 11.6 Å². The number of rotatable bonds is 2. The molecule has 70 valence electrons. The third-order valence-electron chi connectivity index (χ3n) is 1.33. The van der Waals surface area contributed by atoms with Crippen LogP contribution in [-0.4, -0.2) is 5.43 Å². The van der Waals surface area contributed by atoms with Crippen LogP contribution in [0.3, 0.4) is 0 Å². The first kappa shape index (κ1) is 10.6. The molecule has 0 aromatic heterocycles. The fourth-order valence-electron chi connectivity index (χ4n) is 0.774. The van der Waals surface area contributed by atoms with Gasteiger partial charge in [-0.25, -0.2) is 4.79 Å². The topological polar surface area (TPSA) is 26.3 Å². The Bertz CT molecular complexity index is 295. The molecule has 0 amide bonds. The normalized spacial score (nSPS) is 10.2. The summed E-state index contributed by atoms with van der Waals surface area (Å²) in [6.45, 7) is 0. The zero-order chi connectivity index (χ0) is 9.84. The van der Waals surface area contributed by atoms with E-state index in [2.05, 4.69) is 4.74 Å². The minimum absolute atomic E-state index is 0.359. The fraction of sp³-hybridized carbons (Fsp3) is 0.125. The Hall–Kier alpha value is -0.440. The monoisotopic (exact) mass is 238 g/mol. The molecule has 5 heteroatoms. The van der Waals surface area contributed by atoms with Crippen molar-refractivity contribution in [2.45, 2.75) is 4.84 Å². The zero-order valence-corrected chi connectivity index (χ0v) is 8.60. The van der Waals surface area contributed by atoms with E-state index in [1.54, 1.807) is 24.3 Å². The average molecular weight is 239 g/mol. The first-order valence-electron chi connectivity index (χ1n) is 3.35. The van der Waals surface area contributed by atoms with E-state index in [0.29, 0.717) is 5.75 Å². The zero-order valence-electron chi connectivity index (χ0n) is 6.34. The van der Waals surface area contributed by atoms with Crippen LogP contribution in [0.15, 0.2) is 24.3 Å². The lowest BCUT2D eigenvalue weighted by molar-refractivity contribution is 0.225. The average Bonchev–Trinajstić information content (AvgIpc) is 2.04. The van der Waals surface area contributed by atoms with Crippen molar-refractivity contribution >= 4 is 40.2 Å². The molecule has 0 N–H and O–H groups in total. The summed E-state index contributed by atoms with van der Waals surface area (Å²) in [5.74, 6) is 0.359. The van der Waals surface area contributed by atoms with Crippen molar-refractivity contribution in [3.63, 3.8) is 0 Å². The molecule has 0 spiro atoms. The first-order valence-corrected chi connectivity index (χ1v) is 4.60. The molecule has 0 saturated heterocycles. The van der Waals surface area contributed by atoms with Gasteiger partial charge in [-0.05, 0) is 17.7 Å². The molecule has 0 aliphatic rings. The van der Waals surface area contributed by atoms with Gasteiger partial charge in [0.2, 0.25) is 0 Å². The molecular formula is C8H5Cl3O2. The molecule has 13 heavy (non-hydrogen) atoms. The third-order valence-corrected chi connectivity index (χ3v) is 1.91. The summed E-state index contributed by atoms with van der Waals surface area (Å²) < 4.78 is 4.59. The first-order chi connectivity index (χ1) is 6.09. The number of ether oxygens (including phenoxy) is 1. The van der Waals surface area contributed by atoms with Crippen LogP contribution in [0.4, 0.5) is 4.79 Å². The van der Waals surface area contributed by atoms with Crippen LogP contribution in [0.25, 0.3) is 0 Å². The minimum atomic E-state index is -0.874. The molecule has 0 atom stereocenters. The smallest absolute Gasteiger partial charge is 0.409 e. The van der Waals surface area contributed by atoms with Gasteiger partial charge in [0.1, 0.15) is 10.6 Å². The number of alkyl halides is 2. The summed E-state index contributed by atoms with van der Waals surface area (Å²) >= 11 is 16.2. The minimum Gasteiger partial charge on any atom is -0.415 e. The highest BCUT2D eigenvalue weighted by molar-refractivity contribution is 6.61. The van der Waals surface area contributed by atoms with Gasteiger partial charge in [-0.2, -0.15) is 0 Å². The number of carbonyl (C=O) groups is 1. The van der Waals surface area contributed by atoms with Crippen molar-refractivity contribution in [1.82, 2.24) is 0 Å². The maximum atomic E-state index is 10.3. The fourth-order valence-corrected chi connectivity index (χ4v) is 1.15. The standard InChI is InChI=1S/C8H5Cl3O2/c9-7(10)5-1-3-6(4-2-5)13-8(11)12/h1-4,7H. The Labute approximate surface area is 90.3 Å². The molecular weight excluding hydrogens is 234 g/mol. The van der Waals surface area contributed by atoms with Gasteiger partial charge >= 0.3 is 5.43 Å². The Morgan fingerprint density at radius 1 is 1.23 bits per heavy atom. The highest BCUT2D eigenvalue weighted by atomic mass is 35.5. The summed E-state index contributed by atoms with van der Waals surface area (Å²) in [5, 5.41) is 0. The molecule has 0 bridgehead atoms. The van der Waals surface area contributed by atoms with Crippen LogP contribution in [-0.2, 0) is 0 Å². The van der Waals surface area contributed by atoms with Crippen molar-refractivity contribution in [3.8, 4) is 5.75 Å². The number of carbonyl (C=O) groups excluding carboxylic acids is 1.